The van der Waals surface area contributed by atoms with Crippen molar-refractivity contribution in [1.82, 2.24) is 5.32 Å². The largest absolute Gasteiger partial charge is 0.492 e. The molecule has 0 radical (unpaired) electrons. The van der Waals surface area contributed by atoms with E-state index in [1.807, 2.05) is 6.08 Å². The van der Waals surface area contributed by atoms with Crippen LogP contribution in [-0.2, 0) is 14.3 Å². The highest BCUT2D eigenvalue weighted by Gasteiger charge is 2.28. The summed E-state index contributed by atoms with van der Waals surface area (Å²) in [6, 6.07) is 0.0276. The lowest BCUT2D eigenvalue weighted by atomic mass is 10.0. The number of aliphatic carboxylic acids is 1. The number of carboxylic acids is 1. The van der Waals surface area contributed by atoms with E-state index in [0.29, 0.717) is 12.3 Å². The minimum Gasteiger partial charge on any atom is -0.492 e. The van der Waals surface area contributed by atoms with Crippen LogP contribution in [0.5, 0.6) is 0 Å². The first-order valence-electron chi connectivity index (χ1n) is 5.04. The molecule has 0 aromatic rings. The van der Waals surface area contributed by atoms with E-state index in [4.69, 9.17) is 20.3 Å². The number of ether oxygens (including phenoxy) is 2. The Morgan fingerprint density at radius 3 is 3.31 bits per heavy atom. The van der Waals surface area contributed by atoms with Crippen LogP contribution in [0.25, 0.3) is 0 Å². The van der Waals surface area contributed by atoms with Crippen LogP contribution in [0, 0.1) is 0 Å². The molecule has 2 aliphatic rings. The minimum absolute atomic E-state index is 0.0276. The van der Waals surface area contributed by atoms with Gasteiger partial charge in [-0.25, -0.2) is 4.79 Å². The average Bonchev–Trinajstić information content (AvgIpc) is 2.26. The number of hydrogen-bond acceptors (Lipinski definition) is 5. The van der Waals surface area contributed by atoms with Gasteiger partial charge in [-0.1, -0.05) is 6.08 Å². The lowest BCUT2D eigenvalue weighted by Crippen LogP contribution is -2.50. The molecule has 6 nitrogen and oxygen atoms in total. The first-order chi connectivity index (χ1) is 7.65. The molecular formula is C10H14N2O4. The lowest BCUT2D eigenvalue weighted by Gasteiger charge is -2.34. The Morgan fingerprint density at radius 1 is 1.75 bits per heavy atom. The van der Waals surface area contributed by atoms with E-state index in [-0.39, 0.29) is 18.9 Å². The molecule has 88 valence electrons. The van der Waals surface area contributed by atoms with Crippen LogP contribution in [0.15, 0.2) is 23.6 Å². The molecule has 1 fully saturated rings. The summed E-state index contributed by atoms with van der Waals surface area (Å²) in [5.41, 5.74) is 6.34. The first-order valence-corrected chi connectivity index (χ1v) is 5.04. The predicted molar refractivity (Wildman–Crippen MR) is 55.2 cm³/mol. The summed E-state index contributed by atoms with van der Waals surface area (Å²) in [6.45, 7) is -0.0341. The van der Waals surface area contributed by atoms with Gasteiger partial charge in [0.2, 0.25) is 0 Å². The second kappa shape index (κ2) is 4.54. The van der Waals surface area contributed by atoms with Gasteiger partial charge in [0.25, 0.3) is 0 Å². The summed E-state index contributed by atoms with van der Waals surface area (Å²) in [5.74, 6) is -0.203. The summed E-state index contributed by atoms with van der Waals surface area (Å²) in [6.07, 6.45) is 4.01. The Balaban J connectivity index is 1.88. The molecule has 0 saturated carbocycles. The lowest BCUT2D eigenvalue weighted by molar-refractivity contribution is -0.148. The Bertz CT molecular complexity index is 351. The van der Waals surface area contributed by atoms with Crippen molar-refractivity contribution in [1.29, 1.82) is 0 Å². The number of carboxylic acid groups (broad SMARTS) is 1. The highest BCUT2D eigenvalue weighted by atomic mass is 16.6. The Hall–Kier alpha value is -1.53. The fourth-order valence-electron chi connectivity index (χ4n) is 1.70. The van der Waals surface area contributed by atoms with Gasteiger partial charge in [0.15, 0.2) is 0 Å². The number of nitrogens with two attached hydrogens (primary N) is 1. The molecular weight excluding hydrogens is 212 g/mol. The van der Waals surface area contributed by atoms with E-state index in [0.717, 1.165) is 12.2 Å². The number of nitrogens with one attached hydrogen (secondary N) is 1. The van der Waals surface area contributed by atoms with Crippen molar-refractivity contribution in [3.05, 3.63) is 23.6 Å². The maximum atomic E-state index is 10.3. The second-order valence-corrected chi connectivity index (χ2v) is 3.71. The van der Waals surface area contributed by atoms with Crippen LogP contribution in [0.2, 0.25) is 0 Å². The molecule has 1 unspecified atom stereocenters. The summed E-state index contributed by atoms with van der Waals surface area (Å²) in [4.78, 5) is 10.3. The summed E-state index contributed by atoms with van der Waals surface area (Å²) < 4.78 is 10.6. The zero-order valence-corrected chi connectivity index (χ0v) is 8.68. The van der Waals surface area contributed by atoms with E-state index < -0.39 is 5.97 Å². The maximum absolute atomic E-state index is 10.3. The van der Waals surface area contributed by atoms with E-state index in [1.165, 1.54) is 0 Å². The fourth-order valence-corrected chi connectivity index (χ4v) is 1.70. The van der Waals surface area contributed by atoms with Crippen LogP contribution < -0.4 is 11.1 Å². The van der Waals surface area contributed by atoms with Crippen molar-refractivity contribution in [3.8, 4) is 0 Å². The first kappa shape index (κ1) is 11.0. The molecule has 0 aromatic carbocycles. The molecule has 6 heteroatoms. The van der Waals surface area contributed by atoms with Gasteiger partial charge in [0, 0.05) is 11.8 Å². The fraction of sp³-hybridized carbons (Fsp3) is 0.500. The number of fused-ring (bicyclic) bond motifs is 1. The summed E-state index contributed by atoms with van der Waals surface area (Å²) in [5, 5.41) is 11.6. The van der Waals surface area contributed by atoms with E-state index in [2.05, 4.69) is 5.32 Å². The van der Waals surface area contributed by atoms with Crippen LogP contribution in [0.4, 0.5) is 0 Å². The molecule has 4 N–H and O–H groups in total. The highest BCUT2D eigenvalue weighted by molar-refractivity contribution is 5.68. The molecule has 0 spiro atoms. The van der Waals surface area contributed by atoms with Gasteiger partial charge in [0.1, 0.15) is 25.2 Å². The van der Waals surface area contributed by atoms with Crippen molar-refractivity contribution < 1.29 is 19.4 Å². The Kier molecular flexibility index (Phi) is 3.12. The Morgan fingerprint density at radius 2 is 2.56 bits per heavy atom. The van der Waals surface area contributed by atoms with Crippen LogP contribution in [0.1, 0.15) is 6.42 Å². The van der Waals surface area contributed by atoms with Crippen molar-refractivity contribution >= 4 is 5.97 Å². The normalized spacial score (nSPS) is 28.5. The van der Waals surface area contributed by atoms with E-state index in [9.17, 15) is 4.79 Å². The molecule has 1 saturated heterocycles. The van der Waals surface area contributed by atoms with Crippen LogP contribution >= 0.6 is 0 Å². The summed E-state index contributed by atoms with van der Waals surface area (Å²) >= 11 is 0. The second-order valence-electron chi connectivity index (χ2n) is 3.71. The molecule has 0 bridgehead atoms. The topological polar surface area (TPSA) is 93.8 Å². The zero-order chi connectivity index (χ0) is 11.5. The van der Waals surface area contributed by atoms with Crippen molar-refractivity contribution in [3.63, 3.8) is 0 Å². The predicted octanol–water partition coefficient (Wildman–Crippen LogP) is -0.468. The van der Waals surface area contributed by atoms with Gasteiger partial charge in [0.05, 0.1) is 6.04 Å². The summed E-state index contributed by atoms with van der Waals surface area (Å²) in [7, 11) is 0. The van der Waals surface area contributed by atoms with E-state index in [1.54, 1.807) is 6.08 Å². The van der Waals surface area contributed by atoms with Gasteiger partial charge in [-0.15, -0.1) is 0 Å². The standard InChI is InChI=1S/C10H14N2O4/c11-6-1-2-7-8(3-6)15-4-9(12-7)16-5-10(13)14/h1,3,7,9,12H,2,4-5,11H2,(H,13,14)/t7?,9-/m0/s1. The molecule has 2 atom stereocenters. The maximum Gasteiger partial charge on any atom is 0.329 e. The molecule has 1 aliphatic heterocycles. The molecule has 1 heterocycles. The Labute approximate surface area is 92.7 Å². The molecule has 0 aromatic heterocycles. The minimum atomic E-state index is -0.990. The number of rotatable bonds is 3. The number of hydrogen-bond donors (Lipinski definition) is 3. The average molecular weight is 226 g/mol. The molecule has 16 heavy (non-hydrogen) atoms. The SMILES string of the molecule is NC1=CCC2N[C@@H](OCC(=O)O)COC2=C1. The number of allylic oxidation sites excluding steroid dienone is 1. The third kappa shape index (κ3) is 2.53. The third-order valence-corrected chi connectivity index (χ3v) is 2.44. The van der Waals surface area contributed by atoms with Crippen molar-refractivity contribution in [2.24, 2.45) is 5.73 Å². The monoisotopic (exact) mass is 226 g/mol. The van der Waals surface area contributed by atoms with Crippen LogP contribution in [-0.4, -0.2) is 36.6 Å². The smallest absolute Gasteiger partial charge is 0.329 e. The molecule has 0 amide bonds. The number of morpholine rings is 1. The quantitative estimate of drug-likeness (QED) is 0.602. The zero-order valence-electron chi connectivity index (χ0n) is 8.68. The van der Waals surface area contributed by atoms with Gasteiger partial charge in [-0.3, -0.25) is 5.32 Å². The van der Waals surface area contributed by atoms with Crippen LogP contribution in [0.3, 0.4) is 0 Å². The molecule has 1 aliphatic carbocycles. The van der Waals surface area contributed by atoms with Gasteiger partial charge in [-0.05, 0) is 6.42 Å². The van der Waals surface area contributed by atoms with Gasteiger partial charge < -0.3 is 20.3 Å². The highest BCUT2D eigenvalue weighted by Crippen LogP contribution is 2.21. The van der Waals surface area contributed by atoms with Gasteiger partial charge >= 0.3 is 5.97 Å². The molecule has 2 rings (SSSR count). The number of carbonyl (C=O) groups is 1. The third-order valence-electron chi connectivity index (χ3n) is 2.44. The van der Waals surface area contributed by atoms with Gasteiger partial charge in [-0.2, -0.15) is 0 Å². The van der Waals surface area contributed by atoms with Crippen molar-refractivity contribution in [2.45, 2.75) is 18.7 Å². The van der Waals surface area contributed by atoms with Crippen molar-refractivity contribution in [2.75, 3.05) is 13.2 Å². The van der Waals surface area contributed by atoms with E-state index >= 15 is 0 Å².